The molecule has 1 aliphatic heterocycles. The van der Waals surface area contributed by atoms with E-state index in [0.29, 0.717) is 12.1 Å². The molecule has 1 atom stereocenters. The molecule has 5 heteroatoms. The summed E-state index contributed by atoms with van der Waals surface area (Å²) in [6.45, 7) is 2.47. The number of hydrogen-bond acceptors (Lipinski definition) is 3. The molecule has 0 saturated carbocycles. The maximum Gasteiger partial charge on any atom is 0.128 e. The molecule has 2 heterocycles. The van der Waals surface area contributed by atoms with Gasteiger partial charge in [0.1, 0.15) is 17.3 Å². The van der Waals surface area contributed by atoms with E-state index < -0.39 is 0 Å². The highest BCUT2D eigenvalue weighted by atomic mass is 19.1. The van der Waals surface area contributed by atoms with Crippen molar-refractivity contribution in [2.24, 2.45) is 0 Å². The molecule has 0 bridgehead atoms. The van der Waals surface area contributed by atoms with E-state index in [2.05, 4.69) is 21.7 Å². The van der Waals surface area contributed by atoms with E-state index in [1.807, 2.05) is 36.4 Å². The minimum absolute atomic E-state index is 0.148. The van der Waals surface area contributed by atoms with Crippen molar-refractivity contribution < 1.29 is 13.9 Å². The molecule has 0 aliphatic carbocycles. The Morgan fingerprint density at radius 2 is 1.86 bits per heavy atom. The van der Waals surface area contributed by atoms with Gasteiger partial charge in [0, 0.05) is 48.7 Å². The smallest absolute Gasteiger partial charge is 0.128 e. The lowest BCUT2D eigenvalue weighted by molar-refractivity contribution is 0.213. The minimum Gasteiger partial charge on any atom is -0.497 e. The third-order valence-corrected chi connectivity index (χ3v) is 5.42. The first-order valence-corrected chi connectivity index (χ1v) is 9.55. The van der Waals surface area contributed by atoms with Gasteiger partial charge in [-0.25, -0.2) is 4.39 Å². The highest BCUT2D eigenvalue weighted by Gasteiger charge is 2.29. The van der Waals surface area contributed by atoms with Crippen LogP contribution in [0.3, 0.4) is 0 Å². The molecule has 1 aliphatic rings. The molecule has 28 heavy (non-hydrogen) atoms. The van der Waals surface area contributed by atoms with Crippen LogP contribution in [0.2, 0.25) is 0 Å². The predicted octanol–water partition coefficient (Wildman–Crippen LogP) is 4.64. The van der Waals surface area contributed by atoms with E-state index >= 15 is 0 Å². The number of ether oxygens (including phenoxy) is 2. The zero-order valence-corrected chi connectivity index (χ0v) is 16.3. The number of benzene rings is 2. The van der Waals surface area contributed by atoms with Crippen LogP contribution >= 0.6 is 0 Å². The van der Waals surface area contributed by atoms with Gasteiger partial charge in [0.05, 0.1) is 20.3 Å². The summed E-state index contributed by atoms with van der Waals surface area (Å²) in [5, 5.41) is 0. The van der Waals surface area contributed by atoms with E-state index in [1.54, 1.807) is 26.4 Å². The SMILES string of the molecule is COc1ccc(CN2CCCn3cccc3[C@H]2c2ccccc2F)c(OC)c1. The lowest BCUT2D eigenvalue weighted by Gasteiger charge is -2.31. The van der Waals surface area contributed by atoms with Crippen LogP contribution in [0.1, 0.15) is 29.3 Å². The summed E-state index contributed by atoms with van der Waals surface area (Å²) in [6.07, 6.45) is 3.09. The standard InChI is InChI=1S/C23H25FN2O2/c1-27-18-11-10-17(22(15-18)28-2)16-26-14-6-13-25-12-5-9-21(25)23(26)19-7-3-4-8-20(19)24/h3-5,7-12,15,23H,6,13-14,16H2,1-2H3/t23-/m1/s1. The Balaban J connectivity index is 1.75. The van der Waals surface area contributed by atoms with Crippen molar-refractivity contribution in [2.75, 3.05) is 20.8 Å². The van der Waals surface area contributed by atoms with Gasteiger partial charge >= 0.3 is 0 Å². The molecular weight excluding hydrogens is 355 g/mol. The Labute approximate surface area is 165 Å². The van der Waals surface area contributed by atoms with Crippen LogP contribution in [0.25, 0.3) is 0 Å². The average Bonchev–Trinajstić information content (AvgIpc) is 3.11. The van der Waals surface area contributed by atoms with Gasteiger partial charge in [-0.3, -0.25) is 4.90 Å². The van der Waals surface area contributed by atoms with E-state index in [4.69, 9.17) is 9.47 Å². The van der Waals surface area contributed by atoms with Crippen molar-refractivity contribution in [3.8, 4) is 11.5 Å². The van der Waals surface area contributed by atoms with Crippen LogP contribution in [0.15, 0.2) is 60.8 Å². The number of hydrogen-bond donors (Lipinski definition) is 0. The van der Waals surface area contributed by atoms with E-state index in [-0.39, 0.29) is 11.9 Å². The summed E-state index contributed by atoms with van der Waals surface area (Å²) < 4.78 is 27.9. The summed E-state index contributed by atoms with van der Waals surface area (Å²) in [5.41, 5.74) is 2.89. The molecule has 1 aromatic heterocycles. The average molecular weight is 380 g/mol. The molecule has 3 aromatic rings. The second kappa shape index (κ2) is 8.07. The molecule has 0 saturated heterocycles. The number of aryl methyl sites for hydroxylation is 1. The Bertz CT molecular complexity index is 953. The number of fused-ring (bicyclic) bond motifs is 1. The summed E-state index contributed by atoms with van der Waals surface area (Å²) in [6, 6.07) is 16.9. The third-order valence-electron chi connectivity index (χ3n) is 5.42. The molecular formula is C23H25FN2O2. The van der Waals surface area contributed by atoms with Gasteiger partial charge in [0.25, 0.3) is 0 Å². The lowest BCUT2D eigenvalue weighted by Crippen LogP contribution is -2.30. The molecule has 0 amide bonds. The van der Waals surface area contributed by atoms with Gasteiger partial charge in [-0.1, -0.05) is 24.3 Å². The van der Waals surface area contributed by atoms with E-state index in [0.717, 1.165) is 42.3 Å². The van der Waals surface area contributed by atoms with Crippen LogP contribution in [0.4, 0.5) is 4.39 Å². The van der Waals surface area contributed by atoms with Crippen molar-refractivity contribution >= 4 is 0 Å². The fourth-order valence-electron chi connectivity index (χ4n) is 4.06. The van der Waals surface area contributed by atoms with Crippen LogP contribution < -0.4 is 9.47 Å². The summed E-state index contributed by atoms with van der Waals surface area (Å²) in [5.74, 6) is 1.37. The molecule has 0 N–H and O–H groups in total. The monoisotopic (exact) mass is 380 g/mol. The Hall–Kier alpha value is -2.79. The predicted molar refractivity (Wildman–Crippen MR) is 107 cm³/mol. The lowest BCUT2D eigenvalue weighted by atomic mass is 10.00. The highest BCUT2D eigenvalue weighted by molar-refractivity contribution is 5.41. The first-order valence-electron chi connectivity index (χ1n) is 9.55. The number of methoxy groups -OCH3 is 2. The van der Waals surface area contributed by atoms with E-state index in [1.165, 1.54) is 0 Å². The van der Waals surface area contributed by atoms with Crippen LogP contribution in [0, 0.1) is 5.82 Å². The van der Waals surface area contributed by atoms with Gasteiger partial charge in [-0.05, 0) is 30.7 Å². The van der Waals surface area contributed by atoms with Crippen LogP contribution in [-0.4, -0.2) is 30.2 Å². The number of halogens is 1. The summed E-state index contributed by atoms with van der Waals surface area (Å²) in [4.78, 5) is 2.33. The first kappa shape index (κ1) is 18.6. The molecule has 0 spiro atoms. The van der Waals surface area contributed by atoms with E-state index in [9.17, 15) is 4.39 Å². The third kappa shape index (κ3) is 3.50. The van der Waals surface area contributed by atoms with Crippen LogP contribution in [0.5, 0.6) is 11.5 Å². The maximum absolute atomic E-state index is 14.8. The van der Waals surface area contributed by atoms with Crippen molar-refractivity contribution in [2.45, 2.75) is 25.6 Å². The fourth-order valence-corrected chi connectivity index (χ4v) is 4.06. The van der Waals surface area contributed by atoms with Crippen molar-refractivity contribution in [3.63, 3.8) is 0 Å². The first-order chi connectivity index (χ1) is 13.7. The Morgan fingerprint density at radius 3 is 2.64 bits per heavy atom. The molecule has 0 radical (unpaired) electrons. The fraction of sp³-hybridized carbons (Fsp3) is 0.304. The zero-order chi connectivity index (χ0) is 19.5. The number of rotatable bonds is 5. The highest BCUT2D eigenvalue weighted by Crippen LogP contribution is 2.36. The second-order valence-corrected chi connectivity index (χ2v) is 7.05. The molecule has 146 valence electrons. The van der Waals surface area contributed by atoms with Gasteiger partial charge < -0.3 is 14.0 Å². The maximum atomic E-state index is 14.8. The van der Waals surface area contributed by atoms with Crippen molar-refractivity contribution in [1.82, 2.24) is 9.47 Å². The summed E-state index contributed by atoms with van der Waals surface area (Å²) in [7, 11) is 3.31. The number of nitrogens with zero attached hydrogens (tertiary/aromatic N) is 2. The van der Waals surface area contributed by atoms with Crippen LogP contribution in [-0.2, 0) is 13.1 Å². The molecule has 0 unspecified atom stereocenters. The molecule has 4 nitrogen and oxygen atoms in total. The van der Waals surface area contributed by atoms with Crippen molar-refractivity contribution in [1.29, 1.82) is 0 Å². The zero-order valence-electron chi connectivity index (χ0n) is 16.3. The molecule has 4 rings (SSSR count). The largest absolute Gasteiger partial charge is 0.497 e. The van der Waals surface area contributed by atoms with Gasteiger partial charge in [0.15, 0.2) is 0 Å². The normalized spacial score (nSPS) is 17.0. The Kier molecular flexibility index (Phi) is 5.35. The molecule has 0 fully saturated rings. The number of aromatic nitrogens is 1. The second-order valence-electron chi connectivity index (χ2n) is 7.05. The molecule has 2 aromatic carbocycles. The summed E-state index contributed by atoms with van der Waals surface area (Å²) >= 11 is 0. The topological polar surface area (TPSA) is 26.6 Å². The Morgan fingerprint density at radius 1 is 1.00 bits per heavy atom. The van der Waals surface area contributed by atoms with Gasteiger partial charge in [-0.15, -0.1) is 0 Å². The minimum atomic E-state index is -0.172. The van der Waals surface area contributed by atoms with Gasteiger partial charge in [0.2, 0.25) is 0 Å². The van der Waals surface area contributed by atoms with Gasteiger partial charge in [-0.2, -0.15) is 0 Å². The van der Waals surface area contributed by atoms with Crippen molar-refractivity contribution in [3.05, 3.63) is 83.4 Å². The quantitative estimate of drug-likeness (QED) is 0.645.